The predicted molar refractivity (Wildman–Crippen MR) is 98.6 cm³/mol. The number of rotatable bonds is 4. The van der Waals surface area contributed by atoms with Gasteiger partial charge in [0.05, 0.1) is 5.69 Å². The Bertz CT molecular complexity index is 864. The van der Waals surface area contributed by atoms with Crippen molar-refractivity contribution in [3.8, 4) is 0 Å². The lowest BCUT2D eigenvalue weighted by molar-refractivity contribution is 0.102. The number of carbonyl (C=O) groups excluding carboxylic acids is 1. The fourth-order valence-electron chi connectivity index (χ4n) is 2.95. The highest BCUT2D eigenvalue weighted by Gasteiger charge is 2.21. The fraction of sp³-hybridized carbons (Fsp3) is 0.211. The fourth-order valence-corrected chi connectivity index (χ4v) is 4.00. The number of pyridine rings is 1. The largest absolute Gasteiger partial charge is 0.298 e. The Morgan fingerprint density at radius 3 is 2.76 bits per heavy atom. The van der Waals surface area contributed by atoms with Gasteiger partial charge < -0.3 is 0 Å². The van der Waals surface area contributed by atoms with Crippen molar-refractivity contribution in [3.63, 3.8) is 0 Å². The molecule has 1 N–H and O–H groups in total. The van der Waals surface area contributed by atoms with Crippen molar-refractivity contribution in [2.45, 2.75) is 19.5 Å². The van der Waals surface area contributed by atoms with Crippen molar-refractivity contribution in [2.24, 2.45) is 0 Å². The molecule has 1 amide bonds. The summed E-state index contributed by atoms with van der Waals surface area (Å²) in [5, 5.41) is 3.58. The van der Waals surface area contributed by atoms with Gasteiger partial charge >= 0.3 is 0 Å². The van der Waals surface area contributed by atoms with Crippen LogP contribution in [0.15, 0.2) is 54.9 Å². The average molecular weight is 350 g/mol. The third kappa shape index (κ3) is 3.75. The Labute approximate surface area is 150 Å². The van der Waals surface area contributed by atoms with Gasteiger partial charge in [-0.05, 0) is 17.7 Å². The molecule has 0 bridgehead atoms. The van der Waals surface area contributed by atoms with Crippen LogP contribution < -0.4 is 5.32 Å². The summed E-state index contributed by atoms with van der Waals surface area (Å²) in [6.07, 6.45) is 4.15. The lowest BCUT2D eigenvalue weighted by Crippen LogP contribution is -2.29. The van der Waals surface area contributed by atoms with Gasteiger partial charge in [0.1, 0.15) is 0 Å². The number of carbonyl (C=O) groups is 1. The number of thiazole rings is 1. The Morgan fingerprint density at radius 2 is 1.96 bits per heavy atom. The predicted octanol–water partition coefficient (Wildman–Crippen LogP) is 3.35. The second-order valence-corrected chi connectivity index (χ2v) is 7.11. The second-order valence-electron chi connectivity index (χ2n) is 6.03. The highest BCUT2D eigenvalue weighted by molar-refractivity contribution is 7.15. The van der Waals surface area contributed by atoms with Gasteiger partial charge in [-0.15, -0.1) is 11.3 Å². The number of hydrogen-bond acceptors (Lipinski definition) is 5. The van der Waals surface area contributed by atoms with Crippen LogP contribution in [0.25, 0.3) is 0 Å². The Hall–Kier alpha value is -2.57. The van der Waals surface area contributed by atoms with E-state index in [1.807, 2.05) is 6.07 Å². The smallest absolute Gasteiger partial charge is 0.257 e. The van der Waals surface area contributed by atoms with Crippen molar-refractivity contribution in [1.29, 1.82) is 0 Å². The minimum absolute atomic E-state index is 0.144. The van der Waals surface area contributed by atoms with Gasteiger partial charge in [0.2, 0.25) is 0 Å². The molecule has 0 radical (unpaired) electrons. The molecule has 0 unspecified atom stereocenters. The first-order valence-electron chi connectivity index (χ1n) is 8.24. The van der Waals surface area contributed by atoms with Crippen LogP contribution in [0.5, 0.6) is 0 Å². The molecule has 0 aliphatic carbocycles. The van der Waals surface area contributed by atoms with Gasteiger partial charge in [-0.1, -0.05) is 30.3 Å². The van der Waals surface area contributed by atoms with Crippen molar-refractivity contribution >= 4 is 22.4 Å². The van der Waals surface area contributed by atoms with Gasteiger partial charge in [-0.3, -0.25) is 20.0 Å². The molecular weight excluding hydrogens is 332 g/mol. The highest BCUT2D eigenvalue weighted by Crippen LogP contribution is 2.29. The zero-order chi connectivity index (χ0) is 17.1. The summed E-state index contributed by atoms with van der Waals surface area (Å²) in [5.41, 5.74) is 3.02. The molecule has 0 spiro atoms. The Morgan fingerprint density at radius 1 is 1.16 bits per heavy atom. The first-order chi connectivity index (χ1) is 12.3. The molecule has 1 aliphatic heterocycles. The van der Waals surface area contributed by atoms with Gasteiger partial charge in [0, 0.05) is 48.9 Å². The molecule has 1 aliphatic rings. The maximum Gasteiger partial charge on any atom is 0.257 e. The molecule has 0 atom stereocenters. The summed E-state index contributed by atoms with van der Waals surface area (Å²) in [4.78, 5) is 24.4. The molecule has 0 fully saturated rings. The van der Waals surface area contributed by atoms with Gasteiger partial charge in [-0.2, -0.15) is 0 Å². The monoisotopic (exact) mass is 350 g/mol. The number of amides is 1. The SMILES string of the molecule is O=C(Nc1nc2c(s1)CN(Cc1ccccc1)CC2)c1ccncc1. The van der Waals surface area contributed by atoms with Crippen LogP contribution in [0, 0.1) is 0 Å². The number of nitrogens with zero attached hydrogens (tertiary/aromatic N) is 3. The minimum Gasteiger partial charge on any atom is -0.298 e. The Balaban J connectivity index is 1.43. The number of benzene rings is 1. The average Bonchev–Trinajstić information content (AvgIpc) is 3.05. The van der Waals surface area contributed by atoms with E-state index in [4.69, 9.17) is 0 Å². The summed E-state index contributed by atoms with van der Waals surface area (Å²) in [5.74, 6) is -0.144. The van der Waals surface area contributed by atoms with Gasteiger partial charge in [-0.25, -0.2) is 4.98 Å². The van der Waals surface area contributed by atoms with E-state index < -0.39 is 0 Å². The second kappa shape index (κ2) is 7.13. The summed E-state index contributed by atoms with van der Waals surface area (Å²) in [6.45, 7) is 2.81. The first-order valence-corrected chi connectivity index (χ1v) is 9.06. The summed E-state index contributed by atoms with van der Waals surface area (Å²) < 4.78 is 0. The third-order valence-electron chi connectivity index (χ3n) is 4.22. The highest BCUT2D eigenvalue weighted by atomic mass is 32.1. The maximum atomic E-state index is 12.2. The molecule has 2 aromatic heterocycles. The molecule has 5 nitrogen and oxygen atoms in total. The summed E-state index contributed by atoms with van der Waals surface area (Å²) in [7, 11) is 0. The van der Waals surface area contributed by atoms with Crippen molar-refractivity contribution in [3.05, 3.63) is 76.6 Å². The molecule has 25 heavy (non-hydrogen) atoms. The van der Waals surface area contributed by atoms with E-state index in [9.17, 15) is 4.79 Å². The summed E-state index contributed by atoms with van der Waals surface area (Å²) in [6, 6.07) is 13.9. The van der Waals surface area contributed by atoms with E-state index in [0.717, 1.165) is 31.7 Å². The van der Waals surface area contributed by atoms with Crippen LogP contribution in [0.4, 0.5) is 5.13 Å². The molecule has 0 saturated heterocycles. The zero-order valence-electron chi connectivity index (χ0n) is 13.7. The number of nitrogens with one attached hydrogen (secondary N) is 1. The molecular formula is C19H18N4OS. The quantitative estimate of drug-likeness (QED) is 0.784. The number of hydrogen-bond donors (Lipinski definition) is 1. The van der Waals surface area contributed by atoms with E-state index >= 15 is 0 Å². The van der Waals surface area contributed by atoms with Gasteiger partial charge in [0.15, 0.2) is 5.13 Å². The van der Waals surface area contributed by atoms with E-state index in [-0.39, 0.29) is 5.91 Å². The topological polar surface area (TPSA) is 58.1 Å². The van der Waals surface area contributed by atoms with Crippen LogP contribution in [-0.2, 0) is 19.5 Å². The Kier molecular flexibility index (Phi) is 4.54. The molecule has 3 heterocycles. The van der Waals surface area contributed by atoms with E-state index in [2.05, 4.69) is 44.5 Å². The summed E-state index contributed by atoms with van der Waals surface area (Å²) >= 11 is 1.57. The lowest BCUT2D eigenvalue weighted by Gasteiger charge is -2.25. The normalized spacial score (nSPS) is 14.1. The zero-order valence-corrected chi connectivity index (χ0v) is 14.5. The van der Waals surface area contributed by atoms with E-state index in [0.29, 0.717) is 10.7 Å². The maximum absolute atomic E-state index is 12.2. The first kappa shape index (κ1) is 15.9. The number of anilines is 1. The molecule has 0 saturated carbocycles. The molecule has 1 aromatic carbocycles. The van der Waals surface area contributed by atoms with Gasteiger partial charge in [0.25, 0.3) is 5.91 Å². The van der Waals surface area contributed by atoms with Crippen LogP contribution >= 0.6 is 11.3 Å². The van der Waals surface area contributed by atoms with Crippen LogP contribution in [-0.4, -0.2) is 27.3 Å². The van der Waals surface area contributed by atoms with Crippen molar-refractivity contribution in [2.75, 3.05) is 11.9 Å². The molecule has 4 rings (SSSR count). The van der Waals surface area contributed by atoms with Crippen LogP contribution in [0.2, 0.25) is 0 Å². The third-order valence-corrected chi connectivity index (χ3v) is 5.22. The molecule has 3 aromatic rings. The number of aromatic nitrogens is 2. The van der Waals surface area contributed by atoms with Crippen LogP contribution in [0.3, 0.4) is 0 Å². The molecule has 6 heteroatoms. The number of fused-ring (bicyclic) bond motifs is 1. The van der Waals surface area contributed by atoms with E-state index in [1.165, 1.54) is 10.4 Å². The van der Waals surface area contributed by atoms with Crippen LogP contribution in [0.1, 0.15) is 26.5 Å². The van der Waals surface area contributed by atoms with E-state index in [1.54, 1.807) is 35.9 Å². The molecule has 126 valence electrons. The van der Waals surface area contributed by atoms with Crippen molar-refractivity contribution in [1.82, 2.24) is 14.9 Å². The standard InChI is InChI=1S/C19H18N4OS/c24-18(15-6-9-20-10-7-15)22-19-21-16-8-11-23(13-17(16)25-19)12-14-4-2-1-3-5-14/h1-7,9-10H,8,11-13H2,(H,21,22,24). The lowest BCUT2D eigenvalue weighted by atomic mass is 10.1. The van der Waals surface area contributed by atoms with Crippen molar-refractivity contribution < 1.29 is 4.79 Å². The minimum atomic E-state index is -0.144.